The van der Waals surface area contributed by atoms with Gasteiger partial charge in [-0.2, -0.15) is 52.7 Å². The summed E-state index contributed by atoms with van der Waals surface area (Å²) in [5, 5.41) is 18.9. The summed E-state index contributed by atoms with van der Waals surface area (Å²) in [5.74, 6) is -4.56. The second kappa shape index (κ2) is 6.66. The second-order valence-corrected chi connectivity index (χ2v) is 8.10. The average Bonchev–Trinajstić information content (AvgIpc) is 3.04. The molecule has 14 heteroatoms. The molecule has 2 aliphatic carbocycles. The Morgan fingerprint density at radius 2 is 1.13 bits per heavy atom. The number of hydrogen-bond donors (Lipinski definition) is 2. The Bertz CT molecular complexity index is 658. The van der Waals surface area contributed by atoms with Crippen molar-refractivity contribution in [1.82, 2.24) is 0 Å². The van der Waals surface area contributed by atoms with Gasteiger partial charge in [-0.3, -0.25) is 0 Å². The first kappa shape index (κ1) is 25.1. The first-order chi connectivity index (χ1) is 13.0. The fourth-order valence-electron chi connectivity index (χ4n) is 4.55. The molecule has 0 aromatic carbocycles. The molecule has 2 rings (SSSR count). The van der Waals surface area contributed by atoms with Crippen molar-refractivity contribution in [1.29, 1.82) is 0 Å². The van der Waals surface area contributed by atoms with Crippen LogP contribution in [0.1, 0.15) is 26.2 Å². The van der Waals surface area contributed by atoms with Gasteiger partial charge in [0.05, 0.1) is 0 Å². The zero-order valence-electron chi connectivity index (χ0n) is 14.9. The lowest BCUT2D eigenvalue weighted by Gasteiger charge is -2.47. The highest BCUT2D eigenvalue weighted by atomic mass is 19.4. The summed E-state index contributed by atoms with van der Waals surface area (Å²) in [6.07, 6.45) is -27.7. The fraction of sp³-hybridized carbons (Fsp3) is 0.875. The zero-order valence-corrected chi connectivity index (χ0v) is 14.9. The van der Waals surface area contributed by atoms with Crippen LogP contribution in [0.15, 0.2) is 12.2 Å². The van der Waals surface area contributed by atoms with Crippen molar-refractivity contribution in [3.63, 3.8) is 0 Å². The highest BCUT2D eigenvalue weighted by Gasteiger charge is 2.76. The Morgan fingerprint density at radius 1 is 0.733 bits per heavy atom. The van der Waals surface area contributed by atoms with Gasteiger partial charge in [-0.15, -0.1) is 0 Å². The van der Waals surface area contributed by atoms with Crippen LogP contribution < -0.4 is 0 Å². The van der Waals surface area contributed by atoms with E-state index >= 15 is 0 Å². The number of hydrogen-bond acceptors (Lipinski definition) is 2. The summed E-state index contributed by atoms with van der Waals surface area (Å²) in [6, 6.07) is 0. The summed E-state index contributed by atoms with van der Waals surface area (Å²) >= 11 is 0. The molecule has 1 fully saturated rings. The van der Waals surface area contributed by atoms with E-state index in [0.717, 1.165) is 12.2 Å². The molecule has 4 atom stereocenters. The summed E-state index contributed by atoms with van der Waals surface area (Å²) in [6.45, 7) is 0.668. The minimum atomic E-state index is -6.30. The number of allylic oxidation sites excluding steroid dienone is 2. The summed E-state index contributed by atoms with van der Waals surface area (Å²) in [4.78, 5) is 0. The quantitative estimate of drug-likeness (QED) is 0.434. The van der Waals surface area contributed by atoms with E-state index < -0.39 is 71.9 Å². The average molecular weight is 468 g/mol. The van der Waals surface area contributed by atoms with Crippen LogP contribution in [0.25, 0.3) is 0 Å². The number of rotatable bonds is 4. The number of alkyl halides is 12. The highest BCUT2D eigenvalue weighted by molar-refractivity contribution is 5.21. The predicted octanol–water partition coefficient (Wildman–Crippen LogP) is 5.31. The maximum atomic E-state index is 13.1. The third-order valence-corrected chi connectivity index (χ3v) is 6.36. The van der Waals surface area contributed by atoms with E-state index in [1.54, 1.807) is 0 Å². The van der Waals surface area contributed by atoms with E-state index in [1.807, 2.05) is 0 Å². The lowest BCUT2D eigenvalue weighted by molar-refractivity contribution is -0.384. The van der Waals surface area contributed by atoms with Crippen molar-refractivity contribution in [2.75, 3.05) is 0 Å². The maximum Gasteiger partial charge on any atom is 0.426 e. The number of aliphatic hydroxyl groups is 2. The molecule has 0 saturated heterocycles. The largest absolute Gasteiger partial charge is 0.426 e. The Kier molecular flexibility index (Phi) is 5.57. The minimum Gasteiger partial charge on any atom is -0.374 e. The molecule has 2 bridgehead atoms. The van der Waals surface area contributed by atoms with Gasteiger partial charge < -0.3 is 10.2 Å². The first-order valence-electron chi connectivity index (χ1n) is 8.41. The Labute approximate surface area is 161 Å². The summed E-state index contributed by atoms with van der Waals surface area (Å²) in [7, 11) is 0. The van der Waals surface area contributed by atoms with E-state index in [0.29, 0.717) is 6.92 Å². The van der Waals surface area contributed by atoms with Crippen molar-refractivity contribution in [2.24, 2.45) is 23.2 Å². The standard InChI is InChI=1S/C16H16F12O2/c1-10(6-12(30,15(23,24)25)16(26,27)28)8-3-2-7(4-8)9(10)5-11(29,13(17,18)19)14(20,21)22/h2-3,7-9,29-30H,4-6H2,1H3. The van der Waals surface area contributed by atoms with Gasteiger partial charge in [-0.25, -0.2) is 0 Å². The first-order valence-corrected chi connectivity index (χ1v) is 8.41. The Hall–Kier alpha value is -1.18. The van der Waals surface area contributed by atoms with Gasteiger partial charge in [0.1, 0.15) is 0 Å². The van der Waals surface area contributed by atoms with Gasteiger partial charge >= 0.3 is 24.7 Å². The Morgan fingerprint density at radius 3 is 1.50 bits per heavy atom. The SMILES string of the molecule is CC1(CC(O)(C(F)(F)F)C(F)(F)F)C2C=CC(C2)C1CC(O)(C(F)(F)F)C(F)(F)F. The Balaban J connectivity index is 2.55. The van der Waals surface area contributed by atoms with Crippen LogP contribution in [-0.2, 0) is 0 Å². The molecule has 4 unspecified atom stereocenters. The third kappa shape index (κ3) is 3.56. The van der Waals surface area contributed by atoms with Gasteiger partial charge in [0.2, 0.25) is 0 Å². The van der Waals surface area contributed by atoms with E-state index in [4.69, 9.17) is 0 Å². The van der Waals surface area contributed by atoms with Crippen molar-refractivity contribution in [2.45, 2.75) is 62.1 Å². The van der Waals surface area contributed by atoms with E-state index in [2.05, 4.69) is 0 Å². The summed E-state index contributed by atoms with van der Waals surface area (Å²) in [5.41, 5.74) is -13.2. The van der Waals surface area contributed by atoms with Crippen molar-refractivity contribution >= 4 is 0 Å². The van der Waals surface area contributed by atoms with Gasteiger partial charge in [0.25, 0.3) is 11.2 Å². The molecule has 0 spiro atoms. The van der Waals surface area contributed by atoms with Crippen LogP contribution in [0.5, 0.6) is 0 Å². The molecular formula is C16H16F12O2. The highest BCUT2D eigenvalue weighted by Crippen LogP contribution is 2.65. The van der Waals surface area contributed by atoms with Gasteiger partial charge in [-0.05, 0) is 36.0 Å². The number of halogens is 12. The molecule has 0 heterocycles. The number of fused-ring (bicyclic) bond motifs is 2. The predicted molar refractivity (Wildman–Crippen MR) is 75.7 cm³/mol. The smallest absolute Gasteiger partial charge is 0.374 e. The van der Waals surface area contributed by atoms with Crippen molar-refractivity contribution in [3.05, 3.63) is 12.2 Å². The summed E-state index contributed by atoms with van der Waals surface area (Å²) < 4.78 is 157. The monoisotopic (exact) mass is 468 g/mol. The molecule has 30 heavy (non-hydrogen) atoms. The fourth-order valence-corrected chi connectivity index (χ4v) is 4.55. The van der Waals surface area contributed by atoms with Crippen LogP contribution in [0.4, 0.5) is 52.7 Å². The molecule has 1 saturated carbocycles. The van der Waals surface area contributed by atoms with Crippen LogP contribution in [0, 0.1) is 23.2 Å². The molecule has 0 aliphatic heterocycles. The second-order valence-electron chi connectivity index (χ2n) is 8.10. The minimum absolute atomic E-state index is 0.307. The van der Waals surface area contributed by atoms with Crippen LogP contribution >= 0.6 is 0 Å². The van der Waals surface area contributed by atoms with E-state index in [1.165, 1.54) is 0 Å². The molecule has 0 aromatic rings. The zero-order chi connectivity index (χ0) is 23.8. The molecule has 0 amide bonds. The van der Waals surface area contributed by atoms with Crippen molar-refractivity contribution < 1.29 is 62.9 Å². The molecule has 0 radical (unpaired) electrons. The van der Waals surface area contributed by atoms with E-state index in [-0.39, 0.29) is 6.42 Å². The van der Waals surface area contributed by atoms with Crippen LogP contribution in [0.2, 0.25) is 0 Å². The van der Waals surface area contributed by atoms with E-state index in [9.17, 15) is 62.9 Å². The third-order valence-electron chi connectivity index (χ3n) is 6.36. The van der Waals surface area contributed by atoms with Crippen molar-refractivity contribution in [3.8, 4) is 0 Å². The topological polar surface area (TPSA) is 40.5 Å². The van der Waals surface area contributed by atoms with Gasteiger partial charge in [0.15, 0.2) is 0 Å². The van der Waals surface area contributed by atoms with Crippen LogP contribution in [0.3, 0.4) is 0 Å². The molecule has 0 aromatic heterocycles. The maximum absolute atomic E-state index is 13.1. The van der Waals surface area contributed by atoms with Crippen LogP contribution in [-0.4, -0.2) is 46.1 Å². The molecular weight excluding hydrogens is 452 g/mol. The van der Waals surface area contributed by atoms with Gasteiger partial charge in [0, 0.05) is 6.42 Å². The lowest BCUT2D eigenvalue weighted by atomic mass is 9.61. The lowest BCUT2D eigenvalue weighted by Crippen LogP contribution is -2.62. The normalized spacial score (nSPS) is 31.0. The van der Waals surface area contributed by atoms with Gasteiger partial charge in [-0.1, -0.05) is 19.1 Å². The molecule has 2 nitrogen and oxygen atoms in total. The molecule has 2 aliphatic rings. The molecule has 2 N–H and O–H groups in total. The molecule has 176 valence electrons.